The average molecular weight is 346 g/mol. The molecule has 2 saturated heterocycles. The summed E-state index contributed by atoms with van der Waals surface area (Å²) in [5.74, 6) is 0.778. The third kappa shape index (κ3) is 3.10. The van der Waals surface area contributed by atoms with Crippen LogP contribution in [0.25, 0.3) is 10.2 Å². The Hall–Kier alpha value is -1.73. The lowest BCUT2D eigenvalue weighted by atomic mass is 9.96. The van der Waals surface area contributed by atoms with Crippen molar-refractivity contribution in [2.45, 2.75) is 25.7 Å². The first-order valence-corrected chi connectivity index (χ1v) is 9.47. The van der Waals surface area contributed by atoms with Crippen molar-refractivity contribution < 1.29 is 9.90 Å². The molecule has 2 fully saturated rings. The Morgan fingerprint density at radius 3 is 2.67 bits per heavy atom. The van der Waals surface area contributed by atoms with Gasteiger partial charge in [-0.1, -0.05) is 0 Å². The molecule has 1 N–H and O–H groups in total. The molecule has 0 atom stereocenters. The average Bonchev–Trinajstić information content (AvgIpc) is 3.24. The van der Waals surface area contributed by atoms with Gasteiger partial charge in [-0.2, -0.15) is 0 Å². The first-order valence-electron chi connectivity index (χ1n) is 8.66. The molecule has 6 nitrogen and oxygen atoms in total. The molecule has 0 spiro atoms. The van der Waals surface area contributed by atoms with E-state index in [0.717, 1.165) is 35.0 Å². The topological polar surface area (TPSA) is 69.6 Å². The van der Waals surface area contributed by atoms with Gasteiger partial charge in [0.15, 0.2) is 0 Å². The monoisotopic (exact) mass is 346 g/mol. The Morgan fingerprint density at radius 2 is 1.96 bits per heavy atom. The molecule has 2 aliphatic rings. The second-order valence-electron chi connectivity index (χ2n) is 6.77. The molecule has 24 heavy (non-hydrogen) atoms. The van der Waals surface area contributed by atoms with Crippen molar-refractivity contribution in [3.05, 3.63) is 17.3 Å². The Kier molecular flexibility index (Phi) is 4.37. The lowest BCUT2D eigenvalue weighted by Gasteiger charge is -2.34. The number of hydrogen-bond donors (Lipinski definition) is 1. The molecule has 0 aliphatic carbocycles. The summed E-state index contributed by atoms with van der Waals surface area (Å²) in [4.78, 5) is 25.1. The van der Waals surface area contributed by atoms with Crippen LogP contribution in [0.4, 0.5) is 5.82 Å². The second-order valence-corrected chi connectivity index (χ2v) is 7.82. The fourth-order valence-electron chi connectivity index (χ4n) is 3.83. The van der Waals surface area contributed by atoms with Crippen LogP contribution >= 0.6 is 11.3 Å². The number of fused-ring (bicyclic) bond motifs is 1. The first kappa shape index (κ1) is 15.8. The molecule has 7 heteroatoms. The third-order valence-corrected chi connectivity index (χ3v) is 6.24. The lowest BCUT2D eigenvalue weighted by Crippen LogP contribution is -2.38. The van der Waals surface area contributed by atoms with E-state index in [0.29, 0.717) is 4.88 Å². The van der Waals surface area contributed by atoms with Crippen LogP contribution in [0, 0.1) is 5.92 Å². The summed E-state index contributed by atoms with van der Waals surface area (Å²) < 4.78 is 0.896. The largest absolute Gasteiger partial charge is 0.477 e. The number of aromatic nitrogens is 2. The quantitative estimate of drug-likeness (QED) is 0.918. The predicted octanol–water partition coefficient (Wildman–Crippen LogP) is 2.70. The van der Waals surface area contributed by atoms with E-state index in [1.807, 2.05) is 0 Å². The maximum absolute atomic E-state index is 11.2. The van der Waals surface area contributed by atoms with E-state index in [1.165, 1.54) is 56.7 Å². The van der Waals surface area contributed by atoms with Gasteiger partial charge in [-0.25, -0.2) is 14.8 Å². The summed E-state index contributed by atoms with van der Waals surface area (Å²) >= 11 is 1.28. The van der Waals surface area contributed by atoms with Crippen molar-refractivity contribution in [2.75, 3.05) is 37.6 Å². The Balaban J connectivity index is 1.47. The standard InChI is InChI=1S/C17H22N4O2S/c22-17(23)14-9-13-15(24-14)16(19-11-18-13)21-7-3-12(4-8-21)10-20-5-1-2-6-20/h9,11-12H,1-8,10H2,(H,22,23). The molecule has 128 valence electrons. The molecule has 4 rings (SSSR count). The number of carboxylic acids is 1. The van der Waals surface area contributed by atoms with Crippen molar-refractivity contribution in [3.63, 3.8) is 0 Å². The highest BCUT2D eigenvalue weighted by atomic mass is 32.1. The van der Waals surface area contributed by atoms with Gasteiger partial charge in [-0.05, 0) is 50.8 Å². The van der Waals surface area contributed by atoms with Crippen molar-refractivity contribution >= 4 is 33.3 Å². The highest BCUT2D eigenvalue weighted by molar-refractivity contribution is 7.21. The summed E-state index contributed by atoms with van der Waals surface area (Å²) in [6, 6.07) is 1.65. The van der Waals surface area contributed by atoms with Gasteiger partial charge in [0.1, 0.15) is 17.0 Å². The number of carbonyl (C=O) groups is 1. The fourth-order valence-corrected chi connectivity index (χ4v) is 4.80. The van der Waals surface area contributed by atoms with Crippen LogP contribution in [-0.2, 0) is 0 Å². The first-order chi connectivity index (χ1) is 11.7. The summed E-state index contributed by atoms with van der Waals surface area (Å²) in [7, 11) is 0. The van der Waals surface area contributed by atoms with Crippen molar-refractivity contribution in [2.24, 2.45) is 5.92 Å². The highest BCUT2D eigenvalue weighted by Gasteiger charge is 2.25. The smallest absolute Gasteiger partial charge is 0.345 e. The minimum atomic E-state index is -0.895. The predicted molar refractivity (Wildman–Crippen MR) is 95.0 cm³/mol. The number of piperidine rings is 1. The van der Waals surface area contributed by atoms with E-state index in [1.54, 1.807) is 12.4 Å². The Morgan fingerprint density at radius 1 is 1.21 bits per heavy atom. The van der Waals surface area contributed by atoms with Crippen LogP contribution < -0.4 is 4.90 Å². The number of likely N-dealkylation sites (tertiary alicyclic amines) is 1. The number of nitrogens with zero attached hydrogens (tertiary/aromatic N) is 4. The molecule has 0 saturated carbocycles. The number of hydrogen-bond acceptors (Lipinski definition) is 6. The summed E-state index contributed by atoms with van der Waals surface area (Å²) in [5, 5.41) is 9.20. The van der Waals surface area contributed by atoms with E-state index in [2.05, 4.69) is 19.8 Å². The molecule has 0 unspecified atom stereocenters. The lowest BCUT2D eigenvalue weighted by molar-refractivity contribution is 0.0702. The summed E-state index contributed by atoms with van der Waals surface area (Å²) in [6.45, 7) is 5.74. The van der Waals surface area contributed by atoms with Crippen LogP contribution in [0.15, 0.2) is 12.4 Å². The number of anilines is 1. The maximum Gasteiger partial charge on any atom is 0.345 e. The molecule has 0 radical (unpaired) electrons. The van der Waals surface area contributed by atoms with Gasteiger partial charge in [-0.3, -0.25) is 0 Å². The van der Waals surface area contributed by atoms with Crippen LogP contribution in [0.1, 0.15) is 35.4 Å². The molecule has 4 heterocycles. The normalized spacial score (nSPS) is 20.1. The minimum absolute atomic E-state index is 0.329. The van der Waals surface area contributed by atoms with Gasteiger partial charge in [0.2, 0.25) is 0 Å². The molecule has 0 bridgehead atoms. The number of thiophene rings is 1. The van der Waals surface area contributed by atoms with Crippen LogP contribution in [0.3, 0.4) is 0 Å². The molecular formula is C17H22N4O2S. The van der Waals surface area contributed by atoms with Crippen LogP contribution in [0.2, 0.25) is 0 Å². The fraction of sp³-hybridized carbons (Fsp3) is 0.588. The van der Waals surface area contributed by atoms with E-state index < -0.39 is 5.97 Å². The Bertz CT molecular complexity index is 733. The number of aromatic carboxylic acids is 1. The molecule has 2 aromatic rings. The van der Waals surface area contributed by atoms with Crippen LogP contribution in [-0.4, -0.2) is 58.7 Å². The Labute approximate surface area is 145 Å². The number of carboxylic acid groups (broad SMARTS) is 1. The SMILES string of the molecule is O=C(O)c1cc2ncnc(N3CCC(CN4CCCC4)CC3)c2s1. The molecule has 0 aromatic carbocycles. The highest BCUT2D eigenvalue weighted by Crippen LogP contribution is 2.33. The zero-order chi connectivity index (χ0) is 16.5. The zero-order valence-electron chi connectivity index (χ0n) is 13.6. The van der Waals surface area contributed by atoms with E-state index in [9.17, 15) is 9.90 Å². The molecule has 0 amide bonds. The molecule has 2 aliphatic heterocycles. The van der Waals surface area contributed by atoms with Gasteiger partial charge >= 0.3 is 5.97 Å². The molecular weight excluding hydrogens is 324 g/mol. The maximum atomic E-state index is 11.2. The van der Waals surface area contributed by atoms with Gasteiger partial charge in [-0.15, -0.1) is 11.3 Å². The van der Waals surface area contributed by atoms with Crippen molar-refractivity contribution in [1.82, 2.24) is 14.9 Å². The van der Waals surface area contributed by atoms with Gasteiger partial charge < -0.3 is 14.9 Å². The minimum Gasteiger partial charge on any atom is -0.477 e. The van der Waals surface area contributed by atoms with E-state index >= 15 is 0 Å². The van der Waals surface area contributed by atoms with Crippen molar-refractivity contribution in [3.8, 4) is 0 Å². The second kappa shape index (κ2) is 6.64. The van der Waals surface area contributed by atoms with Gasteiger partial charge in [0.25, 0.3) is 0 Å². The summed E-state index contributed by atoms with van der Waals surface area (Å²) in [5.41, 5.74) is 0.738. The molecule has 2 aromatic heterocycles. The van der Waals surface area contributed by atoms with Crippen molar-refractivity contribution in [1.29, 1.82) is 0 Å². The third-order valence-electron chi connectivity index (χ3n) is 5.13. The zero-order valence-corrected chi connectivity index (χ0v) is 14.5. The number of rotatable bonds is 4. The summed E-state index contributed by atoms with van der Waals surface area (Å²) in [6.07, 6.45) is 6.61. The van der Waals surface area contributed by atoms with E-state index in [-0.39, 0.29) is 0 Å². The van der Waals surface area contributed by atoms with E-state index in [4.69, 9.17) is 0 Å². The van der Waals surface area contributed by atoms with Crippen LogP contribution in [0.5, 0.6) is 0 Å². The van der Waals surface area contributed by atoms with Gasteiger partial charge in [0, 0.05) is 19.6 Å². The van der Waals surface area contributed by atoms with Gasteiger partial charge in [0.05, 0.1) is 10.2 Å².